The lowest BCUT2D eigenvalue weighted by molar-refractivity contribution is -0.113. The third-order valence-corrected chi connectivity index (χ3v) is 4.37. The highest BCUT2D eigenvalue weighted by Gasteiger charge is 2.32. The lowest BCUT2D eigenvalue weighted by atomic mass is 9.94. The predicted octanol–water partition coefficient (Wildman–Crippen LogP) is 3.71. The number of rotatable bonds is 3. The summed E-state index contributed by atoms with van der Waals surface area (Å²) in [4.78, 5) is 24.8. The highest BCUT2D eigenvalue weighted by atomic mass is 19.1. The second-order valence-electron chi connectivity index (χ2n) is 6.36. The van der Waals surface area contributed by atoms with E-state index in [-0.39, 0.29) is 11.1 Å². The minimum atomic E-state index is -0.866. The number of carbonyl (C=O) groups is 2. The topological polar surface area (TPSA) is 70.2 Å². The van der Waals surface area contributed by atoms with Crippen molar-refractivity contribution in [3.63, 3.8) is 0 Å². The Morgan fingerprint density at radius 3 is 2.58 bits per heavy atom. The molecule has 3 amide bonds. The van der Waals surface area contributed by atoms with Gasteiger partial charge in [-0.15, -0.1) is 0 Å². The van der Waals surface area contributed by atoms with Crippen molar-refractivity contribution < 1.29 is 14.0 Å². The van der Waals surface area contributed by atoms with Crippen LogP contribution in [-0.4, -0.2) is 11.9 Å². The first-order chi connectivity index (χ1) is 12.4. The molecule has 0 aromatic heterocycles. The van der Waals surface area contributed by atoms with Gasteiger partial charge in [-0.1, -0.05) is 30.3 Å². The van der Waals surface area contributed by atoms with Crippen LogP contribution < -0.4 is 16.0 Å². The summed E-state index contributed by atoms with van der Waals surface area (Å²) in [5.74, 6) is -0.874. The van der Waals surface area contributed by atoms with Gasteiger partial charge in [-0.3, -0.25) is 4.79 Å². The maximum absolute atomic E-state index is 14.3. The lowest BCUT2D eigenvalue weighted by Crippen LogP contribution is -2.46. The molecule has 6 heteroatoms. The zero-order valence-corrected chi connectivity index (χ0v) is 14.8. The molecule has 2 aromatic rings. The molecule has 1 atom stereocenters. The number of allylic oxidation sites excluding steroid dienone is 1. The molecule has 26 heavy (non-hydrogen) atoms. The number of aryl methyl sites for hydroxylation is 2. The fourth-order valence-electron chi connectivity index (χ4n) is 3.00. The summed E-state index contributed by atoms with van der Waals surface area (Å²) < 4.78 is 14.3. The molecule has 3 N–H and O–H groups in total. The Labute approximate surface area is 151 Å². The Bertz CT molecular complexity index is 921. The molecule has 1 heterocycles. The van der Waals surface area contributed by atoms with Gasteiger partial charge >= 0.3 is 6.03 Å². The number of amides is 3. The molecule has 1 aliphatic heterocycles. The predicted molar refractivity (Wildman–Crippen MR) is 98.1 cm³/mol. The first kappa shape index (κ1) is 17.7. The fraction of sp³-hybridized carbons (Fsp3) is 0.200. The van der Waals surface area contributed by atoms with Gasteiger partial charge in [-0.2, -0.15) is 0 Å². The van der Waals surface area contributed by atoms with Crippen molar-refractivity contribution in [2.24, 2.45) is 0 Å². The van der Waals surface area contributed by atoms with Crippen molar-refractivity contribution in [3.8, 4) is 0 Å². The molecule has 5 nitrogen and oxygen atoms in total. The summed E-state index contributed by atoms with van der Waals surface area (Å²) in [5, 5.41) is 8.10. The molecule has 0 fully saturated rings. The van der Waals surface area contributed by atoms with Gasteiger partial charge in [0.15, 0.2) is 0 Å². The van der Waals surface area contributed by atoms with Gasteiger partial charge in [0.1, 0.15) is 5.82 Å². The van der Waals surface area contributed by atoms with Crippen molar-refractivity contribution in [2.45, 2.75) is 26.8 Å². The molecule has 0 saturated carbocycles. The molecule has 0 spiro atoms. The van der Waals surface area contributed by atoms with Gasteiger partial charge in [0.05, 0.1) is 11.6 Å². The maximum atomic E-state index is 14.3. The van der Waals surface area contributed by atoms with Crippen LogP contribution in [0.15, 0.2) is 53.7 Å². The minimum absolute atomic E-state index is 0.243. The number of nitrogens with one attached hydrogen (secondary N) is 3. The second kappa shape index (κ2) is 7.00. The Balaban J connectivity index is 2.00. The van der Waals surface area contributed by atoms with E-state index in [1.165, 1.54) is 6.07 Å². The quantitative estimate of drug-likeness (QED) is 0.787. The van der Waals surface area contributed by atoms with Crippen LogP contribution in [-0.2, 0) is 4.79 Å². The van der Waals surface area contributed by atoms with Gasteiger partial charge in [0.25, 0.3) is 5.91 Å². The van der Waals surface area contributed by atoms with Crippen LogP contribution in [0.25, 0.3) is 0 Å². The van der Waals surface area contributed by atoms with E-state index in [2.05, 4.69) is 16.0 Å². The van der Waals surface area contributed by atoms with E-state index in [9.17, 15) is 14.0 Å². The lowest BCUT2D eigenvalue weighted by Gasteiger charge is -2.29. The van der Waals surface area contributed by atoms with Gasteiger partial charge in [-0.05, 0) is 44.0 Å². The number of hydrogen-bond acceptors (Lipinski definition) is 2. The highest BCUT2D eigenvalue weighted by Crippen LogP contribution is 2.29. The number of anilines is 1. The van der Waals surface area contributed by atoms with Gasteiger partial charge in [0, 0.05) is 16.9 Å². The van der Waals surface area contributed by atoms with E-state index in [1.54, 1.807) is 25.1 Å². The normalized spacial score (nSPS) is 16.8. The van der Waals surface area contributed by atoms with Crippen LogP contribution in [0.5, 0.6) is 0 Å². The van der Waals surface area contributed by atoms with E-state index in [1.807, 2.05) is 32.0 Å². The van der Waals surface area contributed by atoms with Crippen molar-refractivity contribution in [1.29, 1.82) is 0 Å². The van der Waals surface area contributed by atoms with E-state index in [0.717, 1.165) is 11.1 Å². The van der Waals surface area contributed by atoms with E-state index in [4.69, 9.17) is 0 Å². The van der Waals surface area contributed by atoms with E-state index < -0.39 is 23.8 Å². The second-order valence-corrected chi connectivity index (χ2v) is 6.36. The third-order valence-electron chi connectivity index (χ3n) is 4.37. The standard InChI is InChI=1S/C20H20FN3O2/c1-11-8-9-12(2)16(10-11)23-19(25)17-13(3)22-20(26)24-18(17)14-6-4-5-7-15(14)21/h4-10,18H,1-3H3,(H,23,25)(H2,22,24,26)/t18-/m1/s1. The SMILES string of the molecule is CC1=C(C(=O)Nc2cc(C)ccc2C)[C@@H](c2ccccc2F)NC(=O)N1. The zero-order valence-electron chi connectivity index (χ0n) is 14.8. The average Bonchev–Trinajstić information content (AvgIpc) is 2.57. The molecule has 0 bridgehead atoms. The number of halogens is 1. The molecule has 2 aromatic carbocycles. The monoisotopic (exact) mass is 353 g/mol. The van der Waals surface area contributed by atoms with Gasteiger partial charge in [-0.25, -0.2) is 9.18 Å². The number of hydrogen-bond donors (Lipinski definition) is 3. The first-order valence-corrected chi connectivity index (χ1v) is 8.28. The summed E-state index contributed by atoms with van der Waals surface area (Å²) in [6.45, 7) is 5.46. The van der Waals surface area contributed by atoms with Crippen LogP contribution in [0.3, 0.4) is 0 Å². The fourth-order valence-corrected chi connectivity index (χ4v) is 3.00. The molecule has 0 saturated heterocycles. The van der Waals surface area contributed by atoms with Crippen molar-refractivity contribution >= 4 is 17.6 Å². The molecule has 1 aliphatic rings. The molecule has 0 aliphatic carbocycles. The molecule has 3 rings (SSSR count). The molecule has 134 valence electrons. The van der Waals surface area contributed by atoms with Crippen LogP contribution in [0.1, 0.15) is 29.7 Å². The summed E-state index contributed by atoms with van der Waals surface area (Å²) in [6.07, 6.45) is 0. The Morgan fingerprint density at radius 1 is 1.12 bits per heavy atom. The van der Waals surface area contributed by atoms with E-state index in [0.29, 0.717) is 11.4 Å². The van der Waals surface area contributed by atoms with Crippen molar-refractivity contribution in [2.75, 3.05) is 5.32 Å². The molecular formula is C20H20FN3O2. The summed E-state index contributed by atoms with van der Waals surface area (Å²) in [5.41, 5.74) is 3.52. The summed E-state index contributed by atoms with van der Waals surface area (Å²) in [7, 11) is 0. The molecule has 0 unspecified atom stereocenters. The average molecular weight is 353 g/mol. The van der Waals surface area contributed by atoms with Crippen LogP contribution in [0.2, 0.25) is 0 Å². The highest BCUT2D eigenvalue weighted by molar-refractivity contribution is 6.07. The zero-order chi connectivity index (χ0) is 18.8. The van der Waals surface area contributed by atoms with E-state index >= 15 is 0 Å². The number of urea groups is 1. The van der Waals surface area contributed by atoms with Gasteiger partial charge < -0.3 is 16.0 Å². The largest absolute Gasteiger partial charge is 0.327 e. The summed E-state index contributed by atoms with van der Waals surface area (Å²) >= 11 is 0. The van der Waals surface area contributed by atoms with Crippen LogP contribution >= 0.6 is 0 Å². The third kappa shape index (κ3) is 3.44. The van der Waals surface area contributed by atoms with Crippen molar-refractivity contribution in [3.05, 3.63) is 76.2 Å². The summed E-state index contributed by atoms with van der Waals surface area (Å²) in [6, 6.07) is 10.5. The van der Waals surface area contributed by atoms with Crippen LogP contribution in [0, 0.1) is 19.7 Å². The number of benzene rings is 2. The maximum Gasteiger partial charge on any atom is 0.319 e. The number of carbonyl (C=O) groups excluding carboxylic acids is 2. The molecular weight excluding hydrogens is 333 g/mol. The Kier molecular flexibility index (Phi) is 4.75. The van der Waals surface area contributed by atoms with Crippen molar-refractivity contribution in [1.82, 2.24) is 10.6 Å². The first-order valence-electron chi connectivity index (χ1n) is 8.28. The molecule has 0 radical (unpaired) electrons. The minimum Gasteiger partial charge on any atom is -0.327 e. The Hall–Kier alpha value is -3.15. The van der Waals surface area contributed by atoms with Gasteiger partial charge in [0.2, 0.25) is 0 Å². The van der Waals surface area contributed by atoms with Crippen LogP contribution in [0.4, 0.5) is 14.9 Å². The Morgan fingerprint density at radius 2 is 1.85 bits per heavy atom. The smallest absolute Gasteiger partial charge is 0.319 e.